The first kappa shape index (κ1) is 7.53. The summed E-state index contributed by atoms with van der Waals surface area (Å²) >= 11 is 0. The second kappa shape index (κ2) is 3.01. The third kappa shape index (κ3) is 1.46. The average molecular weight is 150 g/mol. The highest BCUT2D eigenvalue weighted by atomic mass is 15.3. The molecule has 1 rings (SSSR count). The molecule has 1 aromatic rings. The molecule has 0 aliphatic carbocycles. The van der Waals surface area contributed by atoms with Gasteiger partial charge in [0.15, 0.2) is 0 Å². The topological polar surface area (TPSA) is 44.9 Å². The van der Waals surface area contributed by atoms with Crippen LogP contribution < -0.4 is 0 Å². The van der Waals surface area contributed by atoms with E-state index in [1.165, 1.54) is 0 Å². The third-order valence-corrected chi connectivity index (χ3v) is 1.36. The Morgan fingerprint density at radius 1 is 1.82 bits per heavy atom. The monoisotopic (exact) mass is 150 g/mol. The first-order chi connectivity index (χ1) is 5.25. The van der Waals surface area contributed by atoms with Gasteiger partial charge in [0, 0.05) is 19.4 Å². The van der Waals surface area contributed by atoms with E-state index in [4.69, 9.17) is 5.41 Å². The molecule has 0 aliphatic rings. The summed E-state index contributed by atoms with van der Waals surface area (Å²) in [6.07, 6.45) is 6.48. The van der Waals surface area contributed by atoms with Gasteiger partial charge in [-0.2, -0.15) is 0 Å². The van der Waals surface area contributed by atoms with Crippen molar-refractivity contribution in [3.8, 4) is 0 Å². The lowest BCUT2D eigenvalue weighted by atomic mass is 10.7. The molecule has 11 heavy (non-hydrogen) atoms. The highest BCUT2D eigenvalue weighted by Gasteiger charge is 2.00. The predicted octanol–water partition coefficient (Wildman–Crippen LogP) is 0.741. The Hall–Kier alpha value is -1.58. The third-order valence-electron chi connectivity index (χ3n) is 1.36. The summed E-state index contributed by atoms with van der Waals surface area (Å²) in [5, 5.41) is 7.53. The molecule has 0 spiro atoms. The average Bonchev–Trinajstić information content (AvgIpc) is 2.53. The molecule has 0 fully saturated rings. The maximum absolute atomic E-state index is 7.53. The fourth-order valence-corrected chi connectivity index (χ4v) is 0.653. The number of imidazole rings is 1. The SMILES string of the molecule is C=CN(C)C(=N)n1ccnc1. The van der Waals surface area contributed by atoms with Crippen LogP contribution >= 0.6 is 0 Å². The highest BCUT2D eigenvalue weighted by Crippen LogP contribution is 1.90. The number of hydrogen-bond donors (Lipinski definition) is 1. The van der Waals surface area contributed by atoms with Gasteiger partial charge in [0.1, 0.15) is 6.33 Å². The smallest absolute Gasteiger partial charge is 0.207 e. The van der Waals surface area contributed by atoms with Gasteiger partial charge >= 0.3 is 0 Å². The standard InChI is InChI=1S/C7H10N4/c1-3-10(2)7(8)11-5-4-9-6-11/h3-6,8H,1H2,2H3. The van der Waals surface area contributed by atoms with Gasteiger partial charge in [0.2, 0.25) is 5.96 Å². The van der Waals surface area contributed by atoms with Gasteiger partial charge in [0.05, 0.1) is 0 Å². The van der Waals surface area contributed by atoms with Crippen LogP contribution in [0.5, 0.6) is 0 Å². The van der Waals surface area contributed by atoms with Gasteiger partial charge in [0.25, 0.3) is 0 Å². The lowest BCUT2D eigenvalue weighted by molar-refractivity contribution is 0.650. The summed E-state index contributed by atoms with van der Waals surface area (Å²) in [4.78, 5) is 5.42. The largest absolute Gasteiger partial charge is 0.322 e. The molecule has 0 saturated carbocycles. The number of rotatable bonds is 1. The van der Waals surface area contributed by atoms with Gasteiger partial charge in [-0.1, -0.05) is 6.58 Å². The predicted molar refractivity (Wildman–Crippen MR) is 43.3 cm³/mol. The first-order valence-corrected chi connectivity index (χ1v) is 3.18. The minimum absolute atomic E-state index is 0.331. The Balaban J connectivity index is 2.78. The fraction of sp³-hybridized carbons (Fsp3) is 0.143. The Labute approximate surface area is 65.3 Å². The van der Waals surface area contributed by atoms with Gasteiger partial charge < -0.3 is 4.90 Å². The molecule has 0 radical (unpaired) electrons. The summed E-state index contributed by atoms with van der Waals surface area (Å²) in [5.41, 5.74) is 0. The Bertz CT molecular complexity index is 249. The van der Waals surface area contributed by atoms with Gasteiger partial charge in [-0.3, -0.25) is 9.98 Å². The van der Waals surface area contributed by atoms with Crippen molar-refractivity contribution in [2.24, 2.45) is 0 Å². The number of aromatic nitrogens is 2. The van der Waals surface area contributed by atoms with E-state index in [0.29, 0.717) is 5.96 Å². The van der Waals surface area contributed by atoms with Crippen LogP contribution in [0.2, 0.25) is 0 Å². The molecule has 4 heteroatoms. The van der Waals surface area contributed by atoms with E-state index >= 15 is 0 Å². The van der Waals surface area contributed by atoms with E-state index in [0.717, 1.165) is 0 Å². The highest BCUT2D eigenvalue weighted by molar-refractivity contribution is 5.79. The lowest BCUT2D eigenvalue weighted by Gasteiger charge is -2.13. The number of nitrogens with one attached hydrogen (secondary N) is 1. The molecule has 4 nitrogen and oxygen atoms in total. The van der Waals surface area contributed by atoms with Crippen LogP contribution in [0.3, 0.4) is 0 Å². The van der Waals surface area contributed by atoms with Crippen LogP contribution in [0, 0.1) is 5.41 Å². The van der Waals surface area contributed by atoms with Crippen LogP contribution in [0.25, 0.3) is 0 Å². The quantitative estimate of drug-likeness (QED) is 0.474. The maximum Gasteiger partial charge on any atom is 0.207 e. The van der Waals surface area contributed by atoms with Crippen molar-refractivity contribution in [2.45, 2.75) is 0 Å². The zero-order chi connectivity index (χ0) is 8.27. The Morgan fingerprint density at radius 3 is 3.00 bits per heavy atom. The molecule has 0 saturated heterocycles. The molecule has 0 bridgehead atoms. The van der Waals surface area contributed by atoms with Gasteiger partial charge in [-0.25, -0.2) is 4.98 Å². The molecular weight excluding hydrogens is 140 g/mol. The van der Waals surface area contributed by atoms with Crippen molar-refractivity contribution in [1.29, 1.82) is 5.41 Å². The summed E-state index contributed by atoms with van der Waals surface area (Å²) in [5.74, 6) is 0.331. The Morgan fingerprint density at radius 2 is 2.55 bits per heavy atom. The van der Waals surface area contributed by atoms with E-state index in [2.05, 4.69) is 11.6 Å². The van der Waals surface area contributed by atoms with Gasteiger partial charge in [-0.05, 0) is 6.20 Å². The number of hydrogen-bond acceptors (Lipinski definition) is 2. The zero-order valence-corrected chi connectivity index (χ0v) is 6.36. The molecule has 1 N–H and O–H groups in total. The minimum atomic E-state index is 0.331. The van der Waals surface area contributed by atoms with Gasteiger partial charge in [-0.15, -0.1) is 0 Å². The summed E-state index contributed by atoms with van der Waals surface area (Å²) < 4.78 is 1.60. The van der Waals surface area contributed by atoms with Crippen molar-refractivity contribution in [3.63, 3.8) is 0 Å². The van der Waals surface area contributed by atoms with Crippen molar-refractivity contribution >= 4 is 5.96 Å². The first-order valence-electron chi connectivity index (χ1n) is 3.18. The van der Waals surface area contributed by atoms with Crippen LogP contribution in [0.4, 0.5) is 0 Å². The second-order valence-electron chi connectivity index (χ2n) is 2.09. The van der Waals surface area contributed by atoms with Crippen LogP contribution in [-0.4, -0.2) is 27.5 Å². The number of nitrogens with zero attached hydrogens (tertiary/aromatic N) is 3. The van der Waals surface area contributed by atoms with Crippen molar-refractivity contribution in [2.75, 3.05) is 7.05 Å². The molecule has 0 atom stereocenters. The van der Waals surface area contributed by atoms with E-state index < -0.39 is 0 Å². The van der Waals surface area contributed by atoms with E-state index in [1.54, 1.807) is 41.4 Å². The maximum atomic E-state index is 7.53. The molecular formula is C7H10N4. The Kier molecular flexibility index (Phi) is 2.06. The molecule has 0 amide bonds. The lowest BCUT2D eigenvalue weighted by Crippen LogP contribution is -2.25. The van der Waals surface area contributed by atoms with E-state index in [-0.39, 0.29) is 0 Å². The van der Waals surface area contributed by atoms with Crippen molar-refractivity contribution < 1.29 is 0 Å². The summed E-state index contributed by atoms with van der Waals surface area (Å²) in [7, 11) is 1.76. The fourth-order valence-electron chi connectivity index (χ4n) is 0.653. The van der Waals surface area contributed by atoms with Crippen LogP contribution in [-0.2, 0) is 0 Å². The molecule has 58 valence electrons. The molecule has 1 heterocycles. The zero-order valence-electron chi connectivity index (χ0n) is 6.36. The molecule has 0 aromatic carbocycles. The van der Waals surface area contributed by atoms with E-state index in [9.17, 15) is 0 Å². The molecule has 0 aliphatic heterocycles. The van der Waals surface area contributed by atoms with Crippen molar-refractivity contribution in [1.82, 2.24) is 14.5 Å². The van der Waals surface area contributed by atoms with Crippen molar-refractivity contribution in [3.05, 3.63) is 31.5 Å². The minimum Gasteiger partial charge on any atom is -0.322 e. The summed E-state index contributed by atoms with van der Waals surface area (Å²) in [6.45, 7) is 3.54. The molecule has 1 aromatic heterocycles. The normalized spacial score (nSPS) is 9.18. The molecule has 0 unspecified atom stereocenters. The summed E-state index contributed by atoms with van der Waals surface area (Å²) in [6, 6.07) is 0. The van der Waals surface area contributed by atoms with Crippen LogP contribution in [0.15, 0.2) is 31.5 Å². The van der Waals surface area contributed by atoms with E-state index in [1.807, 2.05) is 0 Å². The van der Waals surface area contributed by atoms with Crippen LogP contribution in [0.1, 0.15) is 0 Å². The second-order valence-corrected chi connectivity index (χ2v) is 2.09.